The van der Waals surface area contributed by atoms with Crippen LogP contribution in [-0.4, -0.2) is 0 Å². The van der Waals surface area contributed by atoms with Gasteiger partial charge in [-0.05, 0) is 73.5 Å². The van der Waals surface area contributed by atoms with Gasteiger partial charge >= 0.3 is 0 Å². The number of rotatable bonds is 2. The van der Waals surface area contributed by atoms with Crippen molar-refractivity contribution >= 4 is 34.1 Å². The number of hydrogen-bond donors (Lipinski definition) is 0. The first-order valence-corrected chi connectivity index (χ1v) is 9.64. The Labute approximate surface area is 166 Å². The Morgan fingerprint density at radius 2 is 0.821 bits per heavy atom. The van der Waals surface area contributed by atoms with Crippen molar-refractivity contribution in [2.24, 2.45) is 0 Å². The summed E-state index contributed by atoms with van der Waals surface area (Å²) in [7, 11) is 0. The number of para-hydroxylation sites is 2. The minimum atomic E-state index is 1.17. The lowest BCUT2D eigenvalue weighted by atomic mass is 10.0. The highest BCUT2D eigenvalue weighted by Gasteiger charge is 2.30. The number of nitrogens with zero attached hydrogens (tertiary/aromatic N) is 2. The second-order valence-electron chi connectivity index (χ2n) is 7.33. The molecule has 0 saturated heterocycles. The first-order valence-electron chi connectivity index (χ1n) is 9.64. The van der Waals surface area contributed by atoms with E-state index in [2.05, 4.69) is 121 Å². The van der Waals surface area contributed by atoms with Crippen LogP contribution in [0.15, 0.2) is 97.1 Å². The second kappa shape index (κ2) is 6.58. The summed E-state index contributed by atoms with van der Waals surface area (Å²) in [5, 5.41) is 0. The lowest BCUT2D eigenvalue weighted by Crippen LogP contribution is -2.24. The van der Waals surface area contributed by atoms with Crippen molar-refractivity contribution in [3.8, 4) is 0 Å². The molecule has 4 aromatic carbocycles. The summed E-state index contributed by atoms with van der Waals surface area (Å²) in [6, 6.07) is 34.6. The third-order valence-electron chi connectivity index (χ3n) is 5.25. The molecule has 0 unspecified atom stereocenters. The molecule has 2 heteroatoms. The summed E-state index contributed by atoms with van der Waals surface area (Å²) < 4.78 is 0. The Balaban J connectivity index is 1.84. The highest BCUT2D eigenvalue weighted by molar-refractivity contribution is 6.01. The summed E-state index contributed by atoms with van der Waals surface area (Å²) in [5.41, 5.74) is 9.64. The van der Waals surface area contributed by atoms with Crippen molar-refractivity contribution in [3.05, 3.63) is 108 Å². The van der Waals surface area contributed by atoms with E-state index in [0.717, 1.165) is 0 Å². The third-order valence-corrected chi connectivity index (χ3v) is 5.25. The maximum atomic E-state index is 2.38. The molecule has 1 heterocycles. The summed E-state index contributed by atoms with van der Waals surface area (Å²) in [6.45, 7) is 4.31. The summed E-state index contributed by atoms with van der Waals surface area (Å²) in [4.78, 5) is 4.74. The van der Waals surface area contributed by atoms with Crippen molar-refractivity contribution < 1.29 is 0 Å². The van der Waals surface area contributed by atoms with E-state index in [1.54, 1.807) is 0 Å². The molecule has 0 fully saturated rings. The lowest BCUT2D eigenvalue weighted by Gasteiger charge is -2.40. The predicted octanol–water partition coefficient (Wildman–Crippen LogP) is 7.56. The number of benzene rings is 4. The molecule has 0 saturated carbocycles. The zero-order chi connectivity index (χ0) is 19.1. The van der Waals surface area contributed by atoms with Gasteiger partial charge in [-0.1, -0.05) is 48.5 Å². The predicted molar refractivity (Wildman–Crippen MR) is 119 cm³/mol. The van der Waals surface area contributed by atoms with Gasteiger partial charge in [0.15, 0.2) is 0 Å². The molecule has 1 aliphatic heterocycles. The van der Waals surface area contributed by atoms with Crippen LogP contribution in [-0.2, 0) is 0 Å². The summed E-state index contributed by atoms with van der Waals surface area (Å²) >= 11 is 0. The number of fused-ring (bicyclic) bond motifs is 2. The van der Waals surface area contributed by atoms with Crippen LogP contribution in [0.5, 0.6) is 0 Å². The summed E-state index contributed by atoms with van der Waals surface area (Å²) in [6.07, 6.45) is 0. The molecule has 0 spiro atoms. The quantitative estimate of drug-likeness (QED) is 0.320. The fraction of sp³-hybridized carbons (Fsp3) is 0.0769. The van der Waals surface area contributed by atoms with Crippen molar-refractivity contribution in [2.45, 2.75) is 13.8 Å². The van der Waals surface area contributed by atoms with Gasteiger partial charge in [0.2, 0.25) is 0 Å². The van der Waals surface area contributed by atoms with Crippen molar-refractivity contribution in [1.29, 1.82) is 0 Å². The van der Waals surface area contributed by atoms with Crippen LogP contribution in [0.25, 0.3) is 0 Å². The van der Waals surface area contributed by atoms with Gasteiger partial charge in [-0.15, -0.1) is 0 Å². The van der Waals surface area contributed by atoms with Crippen LogP contribution < -0.4 is 9.80 Å². The van der Waals surface area contributed by atoms with E-state index >= 15 is 0 Å². The Morgan fingerprint density at radius 1 is 0.429 bits per heavy atom. The van der Waals surface area contributed by atoms with Crippen LogP contribution in [0.4, 0.5) is 34.1 Å². The molecule has 136 valence electrons. The average molecular weight is 362 g/mol. The van der Waals surface area contributed by atoms with Gasteiger partial charge in [0, 0.05) is 11.4 Å². The monoisotopic (exact) mass is 362 g/mol. The van der Waals surface area contributed by atoms with Crippen LogP contribution in [0.2, 0.25) is 0 Å². The van der Waals surface area contributed by atoms with Crippen molar-refractivity contribution in [3.63, 3.8) is 0 Å². The Kier molecular flexibility index (Phi) is 3.91. The fourth-order valence-corrected chi connectivity index (χ4v) is 3.97. The molecule has 0 amide bonds. The number of aryl methyl sites for hydroxylation is 2. The van der Waals surface area contributed by atoms with Gasteiger partial charge in [0.25, 0.3) is 0 Å². The van der Waals surface area contributed by atoms with Gasteiger partial charge in [-0.25, -0.2) is 0 Å². The number of anilines is 6. The SMILES string of the molecule is Cc1ccc2c(c1)N(c1ccccc1)c1cc(C)ccc1N2c1ccccc1. The molecular formula is C26H22N2. The van der Waals surface area contributed by atoms with Gasteiger partial charge in [0.05, 0.1) is 22.7 Å². The molecule has 1 aliphatic rings. The van der Waals surface area contributed by atoms with Crippen LogP contribution in [0, 0.1) is 13.8 Å². The van der Waals surface area contributed by atoms with Crippen molar-refractivity contribution in [2.75, 3.05) is 9.80 Å². The summed E-state index contributed by atoms with van der Waals surface area (Å²) in [5.74, 6) is 0. The molecule has 0 N–H and O–H groups in total. The maximum Gasteiger partial charge on any atom is 0.0705 e. The molecule has 0 radical (unpaired) electrons. The molecule has 2 nitrogen and oxygen atoms in total. The van der Waals surface area contributed by atoms with Crippen LogP contribution in [0.3, 0.4) is 0 Å². The van der Waals surface area contributed by atoms with E-state index in [9.17, 15) is 0 Å². The van der Waals surface area contributed by atoms with E-state index in [1.807, 2.05) is 0 Å². The fourth-order valence-electron chi connectivity index (χ4n) is 3.97. The van der Waals surface area contributed by atoms with Gasteiger partial charge in [-0.2, -0.15) is 0 Å². The molecule has 4 aromatic rings. The van der Waals surface area contributed by atoms with E-state index in [1.165, 1.54) is 45.3 Å². The Hall–Kier alpha value is -3.52. The topological polar surface area (TPSA) is 6.48 Å². The minimum Gasteiger partial charge on any atom is -0.306 e. The zero-order valence-electron chi connectivity index (χ0n) is 16.1. The molecule has 0 aliphatic carbocycles. The lowest BCUT2D eigenvalue weighted by molar-refractivity contribution is 1.16. The maximum absolute atomic E-state index is 2.38. The Bertz CT molecular complexity index is 1080. The van der Waals surface area contributed by atoms with Gasteiger partial charge in [0.1, 0.15) is 0 Å². The molecule has 0 atom stereocenters. The molecule has 28 heavy (non-hydrogen) atoms. The highest BCUT2D eigenvalue weighted by atomic mass is 15.3. The molecule has 0 bridgehead atoms. The first kappa shape index (κ1) is 16.6. The van der Waals surface area contributed by atoms with Gasteiger partial charge in [-0.3, -0.25) is 0 Å². The minimum absolute atomic E-state index is 1.17. The standard InChI is InChI=1S/C26H22N2/c1-19-13-15-23-25(17-19)28(22-11-7-4-8-12-22)26-18-20(2)14-16-24(26)27(23)21-9-5-3-6-10-21/h3-18H,1-2H3. The largest absolute Gasteiger partial charge is 0.306 e. The normalized spacial score (nSPS) is 12.5. The number of hydrogen-bond acceptors (Lipinski definition) is 2. The Morgan fingerprint density at radius 3 is 1.25 bits per heavy atom. The van der Waals surface area contributed by atoms with E-state index in [0.29, 0.717) is 0 Å². The smallest absolute Gasteiger partial charge is 0.0705 e. The zero-order valence-corrected chi connectivity index (χ0v) is 16.1. The van der Waals surface area contributed by atoms with Gasteiger partial charge < -0.3 is 9.80 Å². The molecule has 0 aromatic heterocycles. The molecule has 5 rings (SSSR count). The van der Waals surface area contributed by atoms with Crippen LogP contribution in [0.1, 0.15) is 11.1 Å². The third kappa shape index (κ3) is 2.66. The molecular weight excluding hydrogens is 340 g/mol. The van der Waals surface area contributed by atoms with Crippen molar-refractivity contribution in [1.82, 2.24) is 0 Å². The second-order valence-corrected chi connectivity index (χ2v) is 7.33. The van der Waals surface area contributed by atoms with E-state index < -0.39 is 0 Å². The average Bonchev–Trinajstić information content (AvgIpc) is 2.73. The first-order chi connectivity index (χ1) is 13.7. The van der Waals surface area contributed by atoms with Crippen LogP contribution >= 0.6 is 0 Å². The van der Waals surface area contributed by atoms with E-state index in [-0.39, 0.29) is 0 Å². The highest BCUT2D eigenvalue weighted by Crippen LogP contribution is 2.54. The van der Waals surface area contributed by atoms with E-state index in [4.69, 9.17) is 0 Å².